The minimum Gasteiger partial charge on any atom is -0.325 e. The number of hydrogen-bond acceptors (Lipinski definition) is 3. The highest BCUT2D eigenvalue weighted by Gasteiger charge is 1.89. The molecule has 14 heavy (non-hydrogen) atoms. The Bertz CT molecular complexity index is 306. The Balaban J connectivity index is 2.29. The van der Waals surface area contributed by atoms with Gasteiger partial charge >= 0.3 is 0 Å². The summed E-state index contributed by atoms with van der Waals surface area (Å²) >= 11 is 0. The lowest BCUT2D eigenvalue weighted by Gasteiger charge is -2.07. The van der Waals surface area contributed by atoms with Gasteiger partial charge in [-0.05, 0) is 18.6 Å². The van der Waals surface area contributed by atoms with Crippen LogP contribution in [0.5, 0.6) is 0 Å². The number of aldehydes is 1. The molecule has 0 atom stereocenters. The van der Waals surface area contributed by atoms with Crippen molar-refractivity contribution in [2.45, 2.75) is 13.5 Å². The number of hydrogen-bond donors (Lipinski definition) is 2. The van der Waals surface area contributed by atoms with Gasteiger partial charge in [0.1, 0.15) is 6.29 Å². The first-order valence-electron chi connectivity index (χ1n) is 4.48. The summed E-state index contributed by atoms with van der Waals surface area (Å²) in [5.74, 6) is 0. The van der Waals surface area contributed by atoms with Crippen LogP contribution in [0.25, 0.3) is 0 Å². The van der Waals surface area contributed by atoms with Gasteiger partial charge in [-0.25, -0.2) is 5.43 Å². The molecule has 0 saturated carbocycles. The largest absolute Gasteiger partial charge is 0.325 e. The van der Waals surface area contributed by atoms with E-state index in [1.807, 2.05) is 37.3 Å². The SMILES string of the molecule is C/C(=C/C=O)NNCc1ccccc1. The average molecular weight is 190 g/mol. The number of nitrogens with one attached hydrogen (secondary N) is 2. The zero-order valence-corrected chi connectivity index (χ0v) is 8.16. The Hall–Kier alpha value is -1.61. The Morgan fingerprint density at radius 1 is 1.36 bits per heavy atom. The third kappa shape index (κ3) is 3.87. The lowest BCUT2D eigenvalue weighted by Crippen LogP contribution is -2.29. The van der Waals surface area contributed by atoms with E-state index in [9.17, 15) is 4.79 Å². The highest BCUT2D eigenvalue weighted by Crippen LogP contribution is 1.96. The first kappa shape index (κ1) is 10.5. The van der Waals surface area contributed by atoms with Gasteiger partial charge in [-0.2, -0.15) is 0 Å². The Morgan fingerprint density at radius 3 is 2.71 bits per heavy atom. The molecule has 3 nitrogen and oxygen atoms in total. The summed E-state index contributed by atoms with van der Waals surface area (Å²) < 4.78 is 0. The third-order valence-electron chi connectivity index (χ3n) is 1.74. The van der Waals surface area contributed by atoms with E-state index in [1.54, 1.807) is 0 Å². The molecule has 0 bridgehead atoms. The van der Waals surface area contributed by atoms with Crippen molar-refractivity contribution in [2.75, 3.05) is 0 Å². The monoisotopic (exact) mass is 190 g/mol. The molecule has 0 unspecified atom stereocenters. The molecule has 0 radical (unpaired) electrons. The molecule has 0 spiro atoms. The topological polar surface area (TPSA) is 41.1 Å². The van der Waals surface area contributed by atoms with Crippen LogP contribution in [-0.4, -0.2) is 6.29 Å². The fraction of sp³-hybridized carbons (Fsp3) is 0.182. The van der Waals surface area contributed by atoms with Crippen LogP contribution in [-0.2, 0) is 11.3 Å². The van der Waals surface area contributed by atoms with Gasteiger partial charge in [0.15, 0.2) is 0 Å². The molecule has 0 fully saturated rings. The molecular formula is C11H14N2O. The summed E-state index contributed by atoms with van der Waals surface area (Å²) in [5.41, 5.74) is 7.92. The minimum atomic E-state index is 0.727. The molecule has 3 heteroatoms. The summed E-state index contributed by atoms with van der Waals surface area (Å²) in [6, 6.07) is 10.0. The van der Waals surface area contributed by atoms with Crippen molar-refractivity contribution in [2.24, 2.45) is 0 Å². The smallest absolute Gasteiger partial charge is 0.144 e. The summed E-state index contributed by atoms with van der Waals surface area (Å²) in [7, 11) is 0. The number of rotatable bonds is 5. The number of benzene rings is 1. The maximum atomic E-state index is 10.1. The molecule has 74 valence electrons. The van der Waals surface area contributed by atoms with Crippen LogP contribution < -0.4 is 10.9 Å². The highest BCUT2D eigenvalue weighted by molar-refractivity contribution is 5.65. The van der Waals surface area contributed by atoms with Crippen LogP contribution in [0.15, 0.2) is 42.1 Å². The standard InChI is InChI=1S/C11H14N2O/c1-10(7-8-14)13-12-9-11-5-3-2-4-6-11/h2-8,12-13H,9H2,1H3/b10-7-. The predicted molar refractivity (Wildman–Crippen MR) is 56.2 cm³/mol. The Labute approximate surface area is 83.8 Å². The molecule has 0 aromatic heterocycles. The van der Waals surface area contributed by atoms with E-state index in [-0.39, 0.29) is 0 Å². The van der Waals surface area contributed by atoms with E-state index in [0.717, 1.165) is 18.5 Å². The Kier molecular flexibility index (Phi) is 4.44. The van der Waals surface area contributed by atoms with Crippen LogP contribution in [0, 0.1) is 0 Å². The fourth-order valence-electron chi connectivity index (χ4n) is 1.03. The van der Waals surface area contributed by atoms with E-state index in [2.05, 4.69) is 10.9 Å². The maximum Gasteiger partial charge on any atom is 0.144 e. The molecule has 1 aromatic carbocycles. The van der Waals surface area contributed by atoms with Crippen molar-refractivity contribution in [3.05, 3.63) is 47.7 Å². The second kappa shape index (κ2) is 5.94. The van der Waals surface area contributed by atoms with Crippen molar-refractivity contribution in [1.29, 1.82) is 0 Å². The van der Waals surface area contributed by atoms with Crippen molar-refractivity contribution in [1.82, 2.24) is 10.9 Å². The lowest BCUT2D eigenvalue weighted by molar-refractivity contribution is -0.104. The number of carbonyl (C=O) groups excluding carboxylic acids is 1. The molecule has 2 N–H and O–H groups in total. The molecule has 0 aliphatic heterocycles. The molecule has 0 saturated heterocycles. The van der Waals surface area contributed by atoms with Crippen molar-refractivity contribution < 1.29 is 4.79 Å². The molecule has 0 amide bonds. The molecule has 0 aliphatic rings. The summed E-state index contributed by atoms with van der Waals surface area (Å²) in [6.45, 7) is 2.55. The first-order chi connectivity index (χ1) is 6.83. The lowest BCUT2D eigenvalue weighted by atomic mass is 10.2. The van der Waals surface area contributed by atoms with Crippen LogP contribution >= 0.6 is 0 Å². The van der Waals surface area contributed by atoms with Crippen LogP contribution in [0.2, 0.25) is 0 Å². The normalized spacial score (nSPS) is 11.1. The summed E-state index contributed by atoms with van der Waals surface area (Å²) in [5, 5.41) is 0. The zero-order valence-electron chi connectivity index (χ0n) is 8.16. The van der Waals surface area contributed by atoms with Gasteiger partial charge in [-0.1, -0.05) is 30.3 Å². The van der Waals surface area contributed by atoms with Crippen molar-refractivity contribution in [3.63, 3.8) is 0 Å². The van der Waals surface area contributed by atoms with E-state index in [0.29, 0.717) is 0 Å². The van der Waals surface area contributed by atoms with Gasteiger partial charge in [0.25, 0.3) is 0 Å². The second-order valence-corrected chi connectivity index (χ2v) is 2.95. The first-order valence-corrected chi connectivity index (χ1v) is 4.48. The fourth-order valence-corrected chi connectivity index (χ4v) is 1.03. The maximum absolute atomic E-state index is 10.1. The molecule has 0 heterocycles. The van der Waals surface area contributed by atoms with Crippen LogP contribution in [0.3, 0.4) is 0 Å². The molecule has 1 rings (SSSR count). The number of allylic oxidation sites excluding steroid dienone is 2. The summed E-state index contributed by atoms with van der Waals surface area (Å²) in [4.78, 5) is 10.1. The molecular weight excluding hydrogens is 176 g/mol. The second-order valence-electron chi connectivity index (χ2n) is 2.95. The third-order valence-corrected chi connectivity index (χ3v) is 1.74. The van der Waals surface area contributed by atoms with Gasteiger partial charge in [-0.15, -0.1) is 0 Å². The van der Waals surface area contributed by atoms with E-state index < -0.39 is 0 Å². The van der Waals surface area contributed by atoms with Gasteiger partial charge < -0.3 is 5.43 Å². The van der Waals surface area contributed by atoms with E-state index >= 15 is 0 Å². The summed E-state index contributed by atoms with van der Waals surface area (Å²) in [6.07, 6.45) is 2.23. The van der Waals surface area contributed by atoms with Gasteiger partial charge in [-0.3, -0.25) is 4.79 Å². The van der Waals surface area contributed by atoms with Crippen molar-refractivity contribution in [3.8, 4) is 0 Å². The quantitative estimate of drug-likeness (QED) is 0.419. The zero-order chi connectivity index (χ0) is 10.2. The Morgan fingerprint density at radius 2 is 2.07 bits per heavy atom. The van der Waals surface area contributed by atoms with Gasteiger partial charge in [0.05, 0.1) is 0 Å². The average Bonchev–Trinajstić information content (AvgIpc) is 2.20. The van der Waals surface area contributed by atoms with Crippen LogP contribution in [0.4, 0.5) is 0 Å². The van der Waals surface area contributed by atoms with Crippen LogP contribution in [0.1, 0.15) is 12.5 Å². The molecule has 1 aromatic rings. The minimum absolute atomic E-state index is 0.727. The van der Waals surface area contributed by atoms with E-state index in [4.69, 9.17) is 0 Å². The van der Waals surface area contributed by atoms with Gasteiger partial charge in [0.2, 0.25) is 0 Å². The van der Waals surface area contributed by atoms with Crippen molar-refractivity contribution >= 4 is 6.29 Å². The number of carbonyl (C=O) groups is 1. The van der Waals surface area contributed by atoms with Gasteiger partial charge in [0, 0.05) is 12.2 Å². The number of hydrazine groups is 1. The molecule has 0 aliphatic carbocycles. The highest BCUT2D eigenvalue weighted by atomic mass is 16.1. The van der Waals surface area contributed by atoms with E-state index in [1.165, 1.54) is 11.6 Å². The predicted octanol–water partition coefficient (Wildman–Crippen LogP) is 1.38.